The third kappa shape index (κ3) is 4.07. The minimum Gasteiger partial charge on any atom is -0.504 e. The number of aromatic nitrogens is 3. The fraction of sp³-hybridized carbons (Fsp3) is 0.500. The van der Waals surface area contributed by atoms with Gasteiger partial charge in [-0.2, -0.15) is 5.10 Å². The largest absolute Gasteiger partial charge is 0.504 e. The third-order valence-corrected chi connectivity index (χ3v) is 4.32. The summed E-state index contributed by atoms with van der Waals surface area (Å²) in [7, 11) is 0. The van der Waals surface area contributed by atoms with Gasteiger partial charge in [0.25, 0.3) is 0 Å². The smallest absolute Gasteiger partial charge is 0.410 e. The molecule has 0 bridgehead atoms. The topological polar surface area (TPSA) is 106 Å². The van der Waals surface area contributed by atoms with Crippen LogP contribution in [0, 0.1) is 0 Å². The SMILES string of the molecule is CC(C)(C)OC(=O)N1CCC(n2cc(-c3cnc(N)c(O)c3)cn2)CC1. The molecular formula is C18H25N5O3. The van der Waals surface area contributed by atoms with E-state index in [1.54, 1.807) is 23.4 Å². The lowest BCUT2D eigenvalue weighted by atomic mass is 10.1. The Morgan fingerprint density at radius 1 is 1.27 bits per heavy atom. The maximum absolute atomic E-state index is 12.1. The van der Waals surface area contributed by atoms with Crippen LogP contribution in [-0.4, -0.2) is 49.6 Å². The number of nitrogens with zero attached hydrogens (tertiary/aromatic N) is 4. The minimum absolute atomic E-state index is 0.0408. The summed E-state index contributed by atoms with van der Waals surface area (Å²) in [5.74, 6) is 0.0663. The standard InChI is InChI=1S/C18H25N5O3/c1-18(2,3)26-17(25)22-6-4-14(5-7-22)23-11-13(10-21-23)12-8-15(24)16(19)20-9-12/h8-11,14,24H,4-7H2,1-3H3,(H2,19,20). The number of carbonyl (C=O) groups is 1. The second-order valence-corrected chi connectivity index (χ2v) is 7.54. The van der Waals surface area contributed by atoms with E-state index in [2.05, 4.69) is 10.1 Å². The van der Waals surface area contributed by atoms with Gasteiger partial charge in [-0.3, -0.25) is 4.68 Å². The molecule has 0 unspecified atom stereocenters. The molecule has 8 heteroatoms. The van der Waals surface area contributed by atoms with Crippen molar-refractivity contribution in [3.63, 3.8) is 0 Å². The summed E-state index contributed by atoms with van der Waals surface area (Å²) in [4.78, 5) is 17.9. The van der Waals surface area contributed by atoms with Crippen molar-refractivity contribution in [3.8, 4) is 16.9 Å². The lowest BCUT2D eigenvalue weighted by Crippen LogP contribution is -2.42. The Morgan fingerprint density at radius 3 is 2.58 bits per heavy atom. The maximum Gasteiger partial charge on any atom is 0.410 e. The molecule has 0 radical (unpaired) electrons. The second kappa shape index (κ2) is 6.86. The van der Waals surface area contributed by atoms with Crippen LogP contribution >= 0.6 is 0 Å². The summed E-state index contributed by atoms with van der Waals surface area (Å²) in [5, 5.41) is 14.2. The molecule has 0 saturated carbocycles. The van der Waals surface area contributed by atoms with Crippen LogP contribution in [0.5, 0.6) is 5.75 Å². The van der Waals surface area contributed by atoms with E-state index >= 15 is 0 Å². The quantitative estimate of drug-likeness (QED) is 0.854. The van der Waals surface area contributed by atoms with Crippen molar-refractivity contribution >= 4 is 11.9 Å². The third-order valence-electron chi connectivity index (χ3n) is 4.32. The highest BCUT2D eigenvalue weighted by Crippen LogP contribution is 2.28. The number of nitrogen functional groups attached to an aromatic ring is 1. The molecule has 1 amide bonds. The van der Waals surface area contributed by atoms with Crippen LogP contribution in [0.25, 0.3) is 11.1 Å². The van der Waals surface area contributed by atoms with Crippen LogP contribution in [-0.2, 0) is 4.74 Å². The van der Waals surface area contributed by atoms with Crippen LogP contribution in [0.1, 0.15) is 39.7 Å². The normalized spacial score (nSPS) is 15.9. The van der Waals surface area contributed by atoms with Gasteiger partial charge < -0.3 is 20.5 Å². The van der Waals surface area contributed by atoms with Crippen LogP contribution < -0.4 is 5.73 Å². The van der Waals surface area contributed by atoms with Gasteiger partial charge >= 0.3 is 6.09 Å². The van der Waals surface area contributed by atoms with Gasteiger partial charge in [-0.25, -0.2) is 9.78 Å². The first kappa shape index (κ1) is 18.0. The first-order chi connectivity index (χ1) is 12.2. The van der Waals surface area contributed by atoms with Gasteiger partial charge in [-0.05, 0) is 39.7 Å². The Hall–Kier alpha value is -2.77. The van der Waals surface area contributed by atoms with Crippen molar-refractivity contribution in [3.05, 3.63) is 24.7 Å². The highest BCUT2D eigenvalue weighted by Gasteiger charge is 2.27. The van der Waals surface area contributed by atoms with Gasteiger partial charge in [0.15, 0.2) is 11.6 Å². The lowest BCUT2D eigenvalue weighted by molar-refractivity contribution is 0.0185. The molecule has 1 saturated heterocycles. The first-order valence-corrected chi connectivity index (χ1v) is 8.70. The van der Waals surface area contributed by atoms with Crippen molar-refractivity contribution in [2.24, 2.45) is 0 Å². The average Bonchev–Trinajstić information content (AvgIpc) is 3.06. The molecule has 1 fully saturated rings. The number of rotatable bonds is 2. The highest BCUT2D eigenvalue weighted by molar-refractivity contribution is 5.68. The van der Waals surface area contributed by atoms with Gasteiger partial charge in [0.05, 0.1) is 12.2 Å². The number of amides is 1. The predicted molar refractivity (Wildman–Crippen MR) is 97.6 cm³/mol. The van der Waals surface area contributed by atoms with Crippen molar-refractivity contribution < 1.29 is 14.6 Å². The first-order valence-electron chi connectivity index (χ1n) is 8.70. The molecule has 140 valence electrons. The molecule has 1 aliphatic rings. The molecule has 3 heterocycles. The van der Waals surface area contributed by atoms with E-state index in [0.29, 0.717) is 13.1 Å². The van der Waals surface area contributed by atoms with E-state index in [1.165, 1.54) is 0 Å². The maximum atomic E-state index is 12.1. The van der Waals surface area contributed by atoms with E-state index in [-0.39, 0.29) is 23.7 Å². The van der Waals surface area contributed by atoms with E-state index in [9.17, 15) is 9.90 Å². The summed E-state index contributed by atoms with van der Waals surface area (Å²) in [6, 6.07) is 1.80. The fourth-order valence-corrected chi connectivity index (χ4v) is 2.95. The van der Waals surface area contributed by atoms with Gasteiger partial charge in [-0.1, -0.05) is 0 Å². The van der Waals surface area contributed by atoms with Gasteiger partial charge in [0.1, 0.15) is 5.60 Å². The van der Waals surface area contributed by atoms with E-state index in [4.69, 9.17) is 10.5 Å². The molecule has 8 nitrogen and oxygen atoms in total. The van der Waals surface area contributed by atoms with Crippen molar-refractivity contribution in [2.75, 3.05) is 18.8 Å². The molecule has 3 N–H and O–H groups in total. The summed E-state index contributed by atoms with van der Waals surface area (Å²) in [5.41, 5.74) is 6.68. The average molecular weight is 359 g/mol. The molecule has 3 rings (SSSR count). The molecule has 0 spiro atoms. The Morgan fingerprint density at radius 2 is 1.96 bits per heavy atom. The number of hydrogen-bond acceptors (Lipinski definition) is 6. The molecule has 0 aromatic carbocycles. The molecule has 2 aromatic rings. The van der Waals surface area contributed by atoms with Crippen LogP contribution in [0.15, 0.2) is 24.7 Å². The number of carbonyl (C=O) groups excluding carboxylic acids is 1. The Balaban J connectivity index is 1.63. The monoisotopic (exact) mass is 359 g/mol. The minimum atomic E-state index is -0.483. The van der Waals surface area contributed by atoms with Crippen LogP contribution in [0.4, 0.5) is 10.6 Å². The van der Waals surface area contributed by atoms with Crippen molar-refractivity contribution in [1.82, 2.24) is 19.7 Å². The number of aromatic hydroxyl groups is 1. The highest BCUT2D eigenvalue weighted by atomic mass is 16.6. The molecule has 2 aromatic heterocycles. The zero-order chi connectivity index (χ0) is 18.9. The number of nitrogens with two attached hydrogens (primary N) is 1. The van der Waals surface area contributed by atoms with Crippen molar-refractivity contribution in [2.45, 2.75) is 45.3 Å². The molecular weight excluding hydrogens is 334 g/mol. The number of anilines is 1. The molecule has 0 atom stereocenters. The van der Waals surface area contributed by atoms with E-state index in [0.717, 1.165) is 24.0 Å². The number of likely N-dealkylation sites (tertiary alicyclic amines) is 1. The molecule has 26 heavy (non-hydrogen) atoms. The number of ether oxygens (including phenoxy) is 1. The zero-order valence-electron chi connectivity index (χ0n) is 15.3. The summed E-state index contributed by atoms with van der Waals surface area (Å²) >= 11 is 0. The predicted octanol–water partition coefficient (Wildman–Crippen LogP) is 2.80. The van der Waals surface area contributed by atoms with E-state index < -0.39 is 5.60 Å². The summed E-state index contributed by atoms with van der Waals surface area (Å²) in [6.45, 7) is 6.88. The van der Waals surface area contributed by atoms with Crippen molar-refractivity contribution in [1.29, 1.82) is 0 Å². The Kier molecular flexibility index (Phi) is 4.76. The second-order valence-electron chi connectivity index (χ2n) is 7.54. The zero-order valence-corrected chi connectivity index (χ0v) is 15.3. The number of pyridine rings is 1. The molecule has 0 aliphatic carbocycles. The Bertz CT molecular complexity index is 788. The van der Waals surface area contributed by atoms with Gasteiger partial charge in [-0.15, -0.1) is 0 Å². The lowest BCUT2D eigenvalue weighted by Gasteiger charge is -2.33. The van der Waals surface area contributed by atoms with Crippen LogP contribution in [0.2, 0.25) is 0 Å². The van der Waals surface area contributed by atoms with Gasteiger partial charge in [0, 0.05) is 36.6 Å². The summed E-state index contributed by atoms with van der Waals surface area (Å²) in [6.07, 6.45) is 6.65. The number of hydrogen-bond donors (Lipinski definition) is 2. The van der Waals surface area contributed by atoms with E-state index in [1.807, 2.05) is 31.6 Å². The Labute approximate surface area is 152 Å². The van der Waals surface area contributed by atoms with Gasteiger partial charge in [0.2, 0.25) is 0 Å². The molecule has 1 aliphatic heterocycles. The summed E-state index contributed by atoms with van der Waals surface area (Å²) < 4.78 is 7.34. The van der Waals surface area contributed by atoms with Crippen LogP contribution in [0.3, 0.4) is 0 Å². The number of piperidine rings is 1. The fourth-order valence-electron chi connectivity index (χ4n) is 2.95.